The molecule has 84 valence electrons. The minimum atomic E-state index is 0.588. The van der Waals surface area contributed by atoms with Gasteiger partial charge in [0.05, 0.1) is 0 Å². The van der Waals surface area contributed by atoms with E-state index in [2.05, 4.69) is 58.9 Å². The Labute approximate surface area is 98.3 Å². The largest absolute Gasteiger partial charge is 0.0587 e. The van der Waals surface area contributed by atoms with E-state index in [0.29, 0.717) is 5.92 Å². The maximum absolute atomic E-state index is 2.34. The lowest BCUT2D eigenvalue weighted by Gasteiger charge is -2.14. The summed E-state index contributed by atoms with van der Waals surface area (Å²) in [5.74, 6) is 0.588. The lowest BCUT2D eigenvalue weighted by molar-refractivity contribution is 0.876. The third-order valence-corrected chi connectivity index (χ3v) is 3.50. The second-order valence-electron chi connectivity index (χ2n) is 5.11. The third-order valence-electron chi connectivity index (χ3n) is 3.50. The van der Waals surface area contributed by atoms with Gasteiger partial charge in [0.1, 0.15) is 0 Å². The molecule has 0 aliphatic heterocycles. The summed E-state index contributed by atoms with van der Waals surface area (Å²) in [6.45, 7) is 11.1. The van der Waals surface area contributed by atoms with Crippen molar-refractivity contribution in [2.45, 2.75) is 40.5 Å². The van der Waals surface area contributed by atoms with Crippen molar-refractivity contribution in [2.24, 2.45) is 0 Å². The molecule has 0 bridgehead atoms. The van der Waals surface area contributed by atoms with Crippen LogP contribution in [-0.4, -0.2) is 0 Å². The first-order valence-electron chi connectivity index (χ1n) is 6.01. The first-order chi connectivity index (χ1) is 7.50. The van der Waals surface area contributed by atoms with Gasteiger partial charge in [0, 0.05) is 0 Å². The number of benzene rings is 2. The van der Waals surface area contributed by atoms with Crippen LogP contribution < -0.4 is 0 Å². The van der Waals surface area contributed by atoms with Crippen molar-refractivity contribution in [2.75, 3.05) is 0 Å². The topological polar surface area (TPSA) is 0 Å². The molecule has 0 amide bonds. The Hall–Kier alpha value is -1.30. The monoisotopic (exact) mass is 212 g/mol. The highest BCUT2D eigenvalue weighted by Gasteiger charge is 2.08. The van der Waals surface area contributed by atoms with E-state index in [0.717, 1.165) is 0 Å². The minimum Gasteiger partial charge on any atom is -0.0587 e. The maximum Gasteiger partial charge on any atom is -0.0144 e. The summed E-state index contributed by atoms with van der Waals surface area (Å²) < 4.78 is 0. The summed E-state index contributed by atoms with van der Waals surface area (Å²) in [5, 5.41) is 2.84. The zero-order valence-corrected chi connectivity index (χ0v) is 10.9. The molecule has 0 saturated heterocycles. The van der Waals surface area contributed by atoms with E-state index in [4.69, 9.17) is 0 Å². The Morgan fingerprint density at radius 2 is 1.31 bits per heavy atom. The number of hydrogen-bond acceptors (Lipinski definition) is 0. The molecule has 0 aromatic heterocycles. The molecule has 0 atom stereocenters. The smallest absolute Gasteiger partial charge is 0.0144 e. The molecule has 16 heavy (non-hydrogen) atoms. The second kappa shape index (κ2) is 3.93. The molecule has 0 unspecified atom stereocenters. The maximum atomic E-state index is 2.34. The molecule has 0 spiro atoms. The van der Waals surface area contributed by atoms with Crippen LogP contribution in [0.5, 0.6) is 0 Å². The van der Waals surface area contributed by atoms with Gasteiger partial charge in [-0.1, -0.05) is 38.1 Å². The van der Waals surface area contributed by atoms with Crippen LogP contribution in [0.1, 0.15) is 42.0 Å². The van der Waals surface area contributed by atoms with Crippen molar-refractivity contribution in [3.8, 4) is 0 Å². The Balaban J connectivity index is 2.87. The predicted octanol–water partition coefficient (Wildman–Crippen LogP) is 4.89. The number of rotatable bonds is 1. The molecule has 2 aromatic rings. The molecule has 0 aliphatic rings. The molecule has 0 nitrogen and oxygen atoms in total. The van der Waals surface area contributed by atoms with Crippen LogP contribution >= 0.6 is 0 Å². The summed E-state index contributed by atoms with van der Waals surface area (Å²) in [4.78, 5) is 0. The number of hydrogen-bond donors (Lipinski definition) is 0. The summed E-state index contributed by atoms with van der Waals surface area (Å²) >= 11 is 0. The first-order valence-corrected chi connectivity index (χ1v) is 6.01. The Bertz CT molecular complexity index is 533. The van der Waals surface area contributed by atoms with Crippen LogP contribution in [-0.2, 0) is 0 Å². The van der Waals surface area contributed by atoms with Crippen molar-refractivity contribution in [3.63, 3.8) is 0 Å². The molecular weight excluding hydrogens is 192 g/mol. The Morgan fingerprint density at radius 3 is 1.88 bits per heavy atom. The fraction of sp³-hybridized carbons (Fsp3) is 0.375. The Kier molecular flexibility index (Phi) is 2.75. The fourth-order valence-corrected chi connectivity index (χ4v) is 2.28. The average Bonchev–Trinajstić information content (AvgIpc) is 2.21. The number of aryl methyl sites for hydroxylation is 3. The highest BCUT2D eigenvalue weighted by molar-refractivity contribution is 5.90. The average molecular weight is 212 g/mol. The molecule has 2 rings (SSSR count). The zero-order chi connectivity index (χ0) is 11.9. The normalized spacial score (nSPS) is 11.4. The van der Waals surface area contributed by atoms with Crippen LogP contribution in [0.15, 0.2) is 24.3 Å². The molecule has 0 heteroatoms. The van der Waals surface area contributed by atoms with Gasteiger partial charge in [-0.15, -0.1) is 0 Å². The van der Waals surface area contributed by atoms with Crippen molar-refractivity contribution < 1.29 is 0 Å². The van der Waals surface area contributed by atoms with Crippen molar-refractivity contribution in [3.05, 3.63) is 46.5 Å². The molecular formula is C16H20. The predicted molar refractivity (Wildman–Crippen MR) is 72.2 cm³/mol. The van der Waals surface area contributed by atoms with Crippen LogP contribution in [0.3, 0.4) is 0 Å². The van der Waals surface area contributed by atoms with Crippen LogP contribution in [0.4, 0.5) is 0 Å². The van der Waals surface area contributed by atoms with Crippen LogP contribution in [0, 0.1) is 20.8 Å². The summed E-state index contributed by atoms with van der Waals surface area (Å²) in [6.07, 6.45) is 0. The van der Waals surface area contributed by atoms with E-state index in [1.807, 2.05) is 0 Å². The van der Waals surface area contributed by atoms with Gasteiger partial charge in [-0.3, -0.25) is 0 Å². The van der Waals surface area contributed by atoms with E-state index in [1.54, 1.807) is 0 Å². The summed E-state index contributed by atoms with van der Waals surface area (Å²) in [5.41, 5.74) is 5.61. The standard InChI is InChI=1S/C16H20/c1-10(2)14-7-6-11(3)15-8-12(4)13(5)9-16(14)15/h6-10H,1-5H3. The summed E-state index contributed by atoms with van der Waals surface area (Å²) in [7, 11) is 0. The van der Waals surface area contributed by atoms with E-state index in [1.165, 1.54) is 33.0 Å². The van der Waals surface area contributed by atoms with E-state index in [-0.39, 0.29) is 0 Å². The van der Waals surface area contributed by atoms with Crippen molar-refractivity contribution in [1.29, 1.82) is 0 Å². The fourth-order valence-electron chi connectivity index (χ4n) is 2.28. The van der Waals surface area contributed by atoms with Crippen LogP contribution in [0.2, 0.25) is 0 Å². The molecule has 0 aliphatic carbocycles. The van der Waals surface area contributed by atoms with Gasteiger partial charge in [0.15, 0.2) is 0 Å². The van der Waals surface area contributed by atoms with E-state index >= 15 is 0 Å². The van der Waals surface area contributed by atoms with Gasteiger partial charge in [0.2, 0.25) is 0 Å². The first kappa shape index (κ1) is 11.2. The lowest BCUT2D eigenvalue weighted by Crippen LogP contribution is -1.93. The molecule has 0 fully saturated rings. The molecule has 0 radical (unpaired) electrons. The number of fused-ring (bicyclic) bond motifs is 1. The van der Waals surface area contributed by atoms with E-state index < -0.39 is 0 Å². The minimum absolute atomic E-state index is 0.588. The Morgan fingerprint density at radius 1 is 0.750 bits per heavy atom. The summed E-state index contributed by atoms with van der Waals surface area (Å²) in [6, 6.07) is 9.18. The van der Waals surface area contributed by atoms with Gasteiger partial charge in [0.25, 0.3) is 0 Å². The highest BCUT2D eigenvalue weighted by atomic mass is 14.1. The lowest BCUT2D eigenvalue weighted by atomic mass is 9.91. The molecule has 0 heterocycles. The van der Waals surface area contributed by atoms with Crippen LogP contribution in [0.25, 0.3) is 10.8 Å². The van der Waals surface area contributed by atoms with Gasteiger partial charge in [-0.2, -0.15) is 0 Å². The molecule has 0 saturated carbocycles. The van der Waals surface area contributed by atoms with E-state index in [9.17, 15) is 0 Å². The molecule has 0 N–H and O–H groups in total. The SMILES string of the molecule is Cc1cc2c(C)ccc(C(C)C)c2cc1C. The van der Waals surface area contributed by atoms with Gasteiger partial charge in [-0.05, 0) is 59.7 Å². The van der Waals surface area contributed by atoms with Gasteiger partial charge in [-0.25, -0.2) is 0 Å². The second-order valence-corrected chi connectivity index (χ2v) is 5.11. The van der Waals surface area contributed by atoms with Gasteiger partial charge < -0.3 is 0 Å². The third kappa shape index (κ3) is 1.73. The quantitative estimate of drug-likeness (QED) is 0.631. The zero-order valence-electron chi connectivity index (χ0n) is 10.9. The van der Waals surface area contributed by atoms with Gasteiger partial charge >= 0.3 is 0 Å². The highest BCUT2D eigenvalue weighted by Crippen LogP contribution is 2.29. The van der Waals surface area contributed by atoms with Crippen molar-refractivity contribution >= 4 is 10.8 Å². The molecule has 2 aromatic carbocycles. The van der Waals surface area contributed by atoms with Crippen molar-refractivity contribution in [1.82, 2.24) is 0 Å².